The number of nitriles is 1. The Bertz CT molecular complexity index is 602. The van der Waals surface area contributed by atoms with Gasteiger partial charge in [-0.15, -0.1) is 24.0 Å². The van der Waals surface area contributed by atoms with E-state index in [0.29, 0.717) is 24.6 Å². The van der Waals surface area contributed by atoms with Crippen molar-refractivity contribution < 1.29 is 4.79 Å². The molecule has 1 aromatic carbocycles. The zero-order chi connectivity index (χ0) is 17.3. The average Bonchev–Trinajstić information content (AvgIpc) is 2.48. The lowest BCUT2D eigenvalue weighted by Gasteiger charge is -2.21. The maximum Gasteiger partial charge on any atom is 0.239 e. The normalized spacial score (nSPS) is 11.0. The molecule has 132 valence electrons. The van der Waals surface area contributed by atoms with Gasteiger partial charge in [0.1, 0.15) is 0 Å². The average molecular weight is 443 g/mol. The molecule has 0 fully saturated rings. The molecule has 0 saturated heterocycles. The summed E-state index contributed by atoms with van der Waals surface area (Å²) >= 11 is 0. The minimum Gasteiger partial charge on any atom is -0.357 e. The number of nitrogens with zero attached hydrogens (tertiary/aromatic N) is 2. The van der Waals surface area contributed by atoms with Crippen LogP contribution in [-0.4, -0.2) is 30.5 Å². The highest BCUT2D eigenvalue weighted by Crippen LogP contribution is 2.05. The van der Waals surface area contributed by atoms with Gasteiger partial charge in [0.25, 0.3) is 0 Å². The summed E-state index contributed by atoms with van der Waals surface area (Å²) in [5, 5.41) is 17.9. The number of guanidine groups is 1. The topological polar surface area (TPSA) is 89.3 Å². The molecule has 0 aliphatic rings. The predicted molar refractivity (Wildman–Crippen MR) is 107 cm³/mol. The number of benzene rings is 1. The third-order valence-electron chi connectivity index (χ3n) is 2.75. The van der Waals surface area contributed by atoms with Crippen molar-refractivity contribution in [2.45, 2.75) is 39.8 Å². The van der Waals surface area contributed by atoms with Gasteiger partial charge in [-0.25, -0.2) is 4.99 Å². The van der Waals surface area contributed by atoms with Gasteiger partial charge in [-0.05, 0) is 45.4 Å². The molecule has 0 heterocycles. The molecule has 0 aliphatic heterocycles. The van der Waals surface area contributed by atoms with Crippen LogP contribution in [0.2, 0.25) is 0 Å². The van der Waals surface area contributed by atoms with Crippen LogP contribution in [0, 0.1) is 11.3 Å². The van der Waals surface area contributed by atoms with E-state index in [-0.39, 0.29) is 42.0 Å². The van der Waals surface area contributed by atoms with Crippen LogP contribution in [-0.2, 0) is 11.3 Å². The molecule has 1 rings (SSSR count). The standard InChI is InChI=1S/C17H25N5O.HI/c1-5-19-16(21-12-15(23)22-17(2,3)4)20-11-14-8-6-7-13(9-14)10-18;/h6-9H,5,11-12H2,1-4H3,(H,22,23)(H2,19,20,21);1H. The van der Waals surface area contributed by atoms with Gasteiger partial charge in [-0.1, -0.05) is 12.1 Å². The van der Waals surface area contributed by atoms with Crippen LogP contribution in [0.25, 0.3) is 0 Å². The number of hydrogen-bond donors (Lipinski definition) is 3. The van der Waals surface area contributed by atoms with Gasteiger partial charge in [0.15, 0.2) is 5.96 Å². The highest BCUT2D eigenvalue weighted by atomic mass is 127. The van der Waals surface area contributed by atoms with Gasteiger partial charge in [0.2, 0.25) is 5.91 Å². The number of amides is 1. The molecule has 0 spiro atoms. The Morgan fingerprint density at radius 1 is 1.29 bits per heavy atom. The Hall–Kier alpha value is -1.82. The van der Waals surface area contributed by atoms with E-state index < -0.39 is 0 Å². The van der Waals surface area contributed by atoms with E-state index in [4.69, 9.17) is 5.26 Å². The first kappa shape index (κ1) is 22.2. The number of rotatable bonds is 5. The van der Waals surface area contributed by atoms with Gasteiger partial charge in [0.05, 0.1) is 24.7 Å². The van der Waals surface area contributed by atoms with Crippen LogP contribution in [0.3, 0.4) is 0 Å². The summed E-state index contributed by atoms with van der Waals surface area (Å²) in [5.41, 5.74) is 1.30. The summed E-state index contributed by atoms with van der Waals surface area (Å²) in [6, 6.07) is 9.42. The van der Waals surface area contributed by atoms with Crippen LogP contribution >= 0.6 is 24.0 Å². The fourth-order valence-electron chi connectivity index (χ4n) is 1.88. The second kappa shape index (κ2) is 10.9. The van der Waals surface area contributed by atoms with Crippen molar-refractivity contribution in [1.82, 2.24) is 16.0 Å². The van der Waals surface area contributed by atoms with E-state index in [0.717, 1.165) is 5.56 Å². The van der Waals surface area contributed by atoms with Crippen molar-refractivity contribution >= 4 is 35.8 Å². The largest absolute Gasteiger partial charge is 0.357 e. The van der Waals surface area contributed by atoms with E-state index in [2.05, 4.69) is 27.0 Å². The van der Waals surface area contributed by atoms with E-state index >= 15 is 0 Å². The van der Waals surface area contributed by atoms with E-state index in [1.54, 1.807) is 12.1 Å². The van der Waals surface area contributed by atoms with Gasteiger partial charge in [0, 0.05) is 12.1 Å². The predicted octanol–water partition coefficient (Wildman–Crippen LogP) is 2.15. The van der Waals surface area contributed by atoms with Crippen molar-refractivity contribution in [2.24, 2.45) is 4.99 Å². The number of halogens is 1. The minimum absolute atomic E-state index is 0. The summed E-state index contributed by atoms with van der Waals surface area (Å²) in [4.78, 5) is 16.3. The van der Waals surface area contributed by atoms with Crippen molar-refractivity contribution in [3.05, 3.63) is 35.4 Å². The fourth-order valence-corrected chi connectivity index (χ4v) is 1.88. The molecule has 0 saturated carbocycles. The molecular formula is C17H26IN5O. The first-order chi connectivity index (χ1) is 10.8. The zero-order valence-electron chi connectivity index (χ0n) is 14.6. The van der Waals surface area contributed by atoms with Gasteiger partial charge in [-0.3, -0.25) is 4.79 Å². The Morgan fingerprint density at radius 2 is 2.00 bits per heavy atom. The third-order valence-corrected chi connectivity index (χ3v) is 2.75. The number of carbonyl (C=O) groups is 1. The second-order valence-corrected chi connectivity index (χ2v) is 6.16. The molecule has 0 aliphatic carbocycles. The minimum atomic E-state index is -0.258. The van der Waals surface area contributed by atoms with Crippen LogP contribution in [0.1, 0.15) is 38.8 Å². The maximum atomic E-state index is 11.8. The molecule has 24 heavy (non-hydrogen) atoms. The molecule has 0 radical (unpaired) electrons. The van der Waals surface area contributed by atoms with Crippen LogP contribution < -0.4 is 16.0 Å². The molecule has 0 aromatic heterocycles. The number of aliphatic imine (C=N–C) groups is 1. The fraction of sp³-hybridized carbons (Fsp3) is 0.471. The Morgan fingerprint density at radius 3 is 2.58 bits per heavy atom. The number of nitrogens with one attached hydrogen (secondary N) is 3. The van der Waals surface area contributed by atoms with Crippen LogP contribution in [0.15, 0.2) is 29.3 Å². The lowest BCUT2D eigenvalue weighted by Crippen LogP contribution is -2.48. The third kappa shape index (κ3) is 9.35. The van der Waals surface area contributed by atoms with Crippen molar-refractivity contribution in [3.63, 3.8) is 0 Å². The van der Waals surface area contributed by atoms with Crippen molar-refractivity contribution in [3.8, 4) is 6.07 Å². The van der Waals surface area contributed by atoms with Crippen molar-refractivity contribution in [2.75, 3.05) is 13.1 Å². The Kier molecular flexibility index (Phi) is 10.0. The summed E-state index contributed by atoms with van der Waals surface area (Å²) in [6.07, 6.45) is 0. The van der Waals surface area contributed by atoms with Crippen LogP contribution in [0.4, 0.5) is 0 Å². The molecule has 0 bridgehead atoms. The molecule has 0 unspecified atom stereocenters. The molecule has 1 aromatic rings. The van der Waals surface area contributed by atoms with Crippen molar-refractivity contribution in [1.29, 1.82) is 5.26 Å². The maximum absolute atomic E-state index is 11.8. The summed E-state index contributed by atoms with van der Waals surface area (Å²) in [6.45, 7) is 9.06. The lowest BCUT2D eigenvalue weighted by atomic mass is 10.1. The number of hydrogen-bond acceptors (Lipinski definition) is 3. The van der Waals surface area contributed by atoms with Gasteiger partial charge < -0.3 is 16.0 Å². The molecule has 1 amide bonds. The Balaban J connectivity index is 0.00000529. The van der Waals surface area contributed by atoms with Gasteiger partial charge >= 0.3 is 0 Å². The summed E-state index contributed by atoms with van der Waals surface area (Å²) in [7, 11) is 0. The van der Waals surface area contributed by atoms with E-state index in [1.165, 1.54) is 0 Å². The molecular weight excluding hydrogens is 417 g/mol. The summed E-state index contributed by atoms with van der Waals surface area (Å²) in [5.74, 6) is 0.480. The molecule has 3 N–H and O–H groups in total. The highest BCUT2D eigenvalue weighted by Gasteiger charge is 2.13. The monoisotopic (exact) mass is 443 g/mol. The number of carbonyl (C=O) groups excluding carboxylic acids is 1. The second-order valence-electron chi connectivity index (χ2n) is 6.16. The quantitative estimate of drug-likeness (QED) is 0.370. The first-order valence-electron chi connectivity index (χ1n) is 7.66. The SMILES string of the molecule is CCNC(=NCc1cccc(C#N)c1)NCC(=O)NC(C)(C)C.I. The molecule has 0 atom stereocenters. The smallest absolute Gasteiger partial charge is 0.239 e. The summed E-state index contributed by atoms with van der Waals surface area (Å²) < 4.78 is 0. The van der Waals surface area contributed by atoms with E-state index in [9.17, 15) is 4.79 Å². The lowest BCUT2D eigenvalue weighted by molar-refractivity contribution is -0.121. The van der Waals surface area contributed by atoms with E-state index in [1.807, 2.05) is 39.8 Å². The molecule has 7 heteroatoms. The molecule has 6 nitrogen and oxygen atoms in total. The zero-order valence-corrected chi connectivity index (χ0v) is 17.0. The Labute approximate surface area is 161 Å². The van der Waals surface area contributed by atoms with Gasteiger partial charge in [-0.2, -0.15) is 5.26 Å². The van der Waals surface area contributed by atoms with Crippen LogP contribution in [0.5, 0.6) is 0 Å². The first-order valence-corrected chi connectivity index (χ1v) is 7.66. The highest BCUT2D eigenvalue weighted by molar-refractivity contribution is 14.0.